The number of nitrogens with zero attached hydrogens (tertiary/aromatic N) is 3. The number of hydrogen-bond acceptors (Lipinski definition) is 3. The van der Waals surface area contributed by atoms with Crippen LogP contribution in [-0.2, 0) is 11.3 Å². The highest BCUT2D eigenvalue weighted by Crippen LogP contribution is 2.60. The van der Waals surface area contributed by atoms with Crippen LogP contribution in [0.3, 0.4) is 0 Å². The van der Waals surface area contributed by atoms with Crippen molar-refractivity contribution in [3.8, 4) is 0 Å². The van der Waals surface area contributed by atoms with E-state index in [4.69, 9.17) is 4.42 Å². The highest BCUT2D eigenvalue weighted by molar-refractivity contribution is 5.98. The summed E-state index contributed by atoms with van der Waals surface area (Å²) < 4.78 is 7.79. The molecule has 6 nitrogen and oxygen atoms in total. The molecule has 1 atom stereocenters. The molecule has 1 aliphatic heterocycles. The van der Waals surface area contributed by atoms with Crippen LogP contribution in [0.25, 0.3) is 11.1 Å². The lowest BCUT2D eigenvalue weighted by molar-refractivity contribution is -0.161. The maximum absolute atomic E-state index is 14.0. The van der Waals surface area contributed by atoms with Gasteiger partial charge in [0.15, 0.2) is 0 Å². The minimum absolute atomic E-state index is 0.0206. The second kappa shape index (κ2) is 8.50. The van der Waals surface area contributed by atoms with Crippen molar-refractivity contribution in [2.24, 2.45) is 23.2 Å². The molecule has 4 saturated carbocycles. The number of furan rings is 1. The van der Waals surface area contributed by atoms with Gasteiger partial charge in [0.2, 0.25) is 11.6 Å². The van der Waals surface area contributed by atoms with Gasteiger partial charge in [-0.25, -0.2) is 0 Å². The Morgan fingerprint density at radius 2 is 1.65 bits per heavy atom. The fraction of sp³-hybridized carbons (Fsp3) is 0.548. The largest absolute Gasteiger partial charge is 0.448 e. The number of aryl methyl sites for hydroxylation is 1. The average molecular weight is 500 g/mol. The van der Waals surface area contributed by atoms with Crippen molar-refractivity contribution in [1.29, 1.82) is 0 Å². The Balaban J connectivity index is 1.10. The van der Waals surface area contributed by atoms with Crippen LogP contribution >= 0.6 is 0 Å². The minimum Gasteiger partial charge on any atom is -0.448 e. The molecular weight excluding hydrogens is 462 g/mol. The fourth-order valence-corrected chi connectivity index (χ4v) is 8.47. The first kappa shape index (κ1) is 23.1. The van der Waals surface area contributed by atoms with Gasteiger partial charge in [0, 0.05) is 31.1 Å². The number of benzene rings is 1. The van der Waals surface area contributed by atoms with Crippen molar-refractivity contribution in [3.63, 3.8) is 0 Å². The number of hydrogen-bond donors (Lipinski definition) is 0. The number of carbonyl (C=O) groups is 2. The Hall–Kier alpha value is -3.02. The summed E-state index contributed by atoms with van der Waals surface area (Å²) in [6.45, 7) is 6.57. The monoisotopic (exact) mass is 499 g/mol. The third kappa shape index (κ3) is 3.82. The lowest BCUT2D eigenvalue weighted by Gasteiger charge is -2.57. The van der Waals surface area contributed by atoms with Crippen molar-refractivity contribution >= 4 is 22.9 Å². The van der Waals surface area contributed by atoms with Gasteiger partial charge in [-0.05, 0) is 87.8 Å². The van der Waals surface area contributed by atoms with Crippen LogP contribution in [-0.4, -0.2) is 51.9 Å². The first-order chi connectivity index (χ1) is 17.9. The highest BCUT2D eigenvalue weighted by atomic mass is 16.3. The summed E-state index contributed by atoms with van der Waals surface area (Å²) in [4.78, 5) is 31.9. The number of fused-ring (bicyclic) bond motifs is 1. The van der Waals surface area contributed by atoms with E-state index in [2.05, 4.69) is 43.0 Å². The number of carbonyl (C=O) groups excluding carboxylic acids is 2. The Kier molecular flexibility index (Phi) is 5.31. The fourth-order valence-electron chi connectivity index (χ4n) is 8.47. The molecule has 3 heterocycles. The van der Waals surface area contributed by atoms with E-state index in [1.54, 1.807) is 6.26 Å². The van der Waals surface area contributed by atoms with Crippen molar-refractivity contribution in [2.75, 3.05) is 19.6 Å². The van der Waals surface area contributed by atoms with Crippen molar-refractivity contribution < 1.29 is 14.0 Å². The van der Waals surface area contributed by atoms with E-state index in [0.717, 1.165) is 53.7 Å². The number of amides is 2. The summed E-state index contributed by atoms with van der Waals surface area (Å²) in [7, 11) is 0. The standard InChI is InChI=1S/C31H37N3O3/c1-20-3-5-22(6-4-20)19-34-27(14-26-7-10-37-29(26)34)28(35)32-8-9-33(21(2)18-32)30(36)31-15-23-11-24(16-31)13-25(12-23)17-31/h3-7,10,14,21,23-25H,8-9,11-13,15-19H2,1-2H3/t21-,23?,24?,25?,31?/m0/s1. The molecule has 5 fully saturated rings. The molecule has 6 heteroatoms. The van der Waals surface area contributed by atoms with Crippen LogP contribution in [0.4, 0.5) is 0 Å². The van der Waals surface area contributed by atoms with Crippen LogP contribution in [0.15, 0.2) is 47.1 Å². The molecule has 0 spiro atoms. The van der Waals surface area contributed by atoms with Gasteiger partial charge in [-0.15, -0.1) is 0 Å². The van der Waals surface area contributed by atoms with Crippen LogP contribution in [0.5, 0.6) is 0 Å². The summed E-state index contributed by atoms with van der Waals surface area (Å²) in [5.74, 6) is 2.67. The maximum atomic E-state index is 14.0. The number of aromatic nitrogens is 1. The van der Waals surface area contributed by atoms with Crippen LogP contribution in [0.1, 0.15) is 67.1 Å². The topological polar surface area (TPSA) is 58.7 Å². The third-order valence-corrected chi connectivity index (χ3v) is 9.85. The van der Waals surface area contributed by atoms with Crippen molar-refractivity contribution in [1.82, 2.24) is 14.4 Å². The van der Waals surface area contributed by atoms with E-state index in [-0.39, 0.29) is 17.4 Å². The predicted molar refractivity (Wildman–Crippen MR) is 142 cm³/mol. The molecule has 1 aromatic carbocycles. The zero-order valence-corrected chi connectivity index (χ0v) is 22.0. The summed E-state index contributed by atoms with van der Waals surface area (Å²) >= 11 is 0. The molecule has 4 bridgehead atoms. The molecule has 8 rings (SSSR count). The lowest BCUT2D eigenvalue weighted by Crippen LogP contribution is -2.61. The smallest absolute Gasteiger partial charge is 0.270 e. The predicted octanol–water partition coefficient (Wildman–Crippen LogP) is 5.48. The Morgan fingerprint density at radius 1 is 0.973 bits per heavy atom. The molecule has 0 N–H and O–H groups in total. The summed E-state index contributed by atoms with van der Waals surface area (Å²) in [5.41, 5.74) is 3.61. The van der Waals surface area contributed by atoms with Crippen molar-refractivity contribution in [3.05, 3.63) is 59.5 Å². The lowest BCUT2D eigenvalue weighted by atomic mass is 9.49. The first-order valence-electron chi connectivity index (χ1n) is 14.1. The van der Waals surface area contributed by atoms with Gasteiger partial charge in [0.25, 0.3) is 5.91 Å². The van der Waals surface area contributed by atoms with E-state index < -0.39 is 0 Å². The van der Waals surface area contributed by atoms with Crippen LogP contribution in [0, 0.1) is 30.1 Å². The first-order valence-corrected chi connectivity index (χ1v) is 14.1. The Morgan fingerprint density at radius 3 is 2.30 bits per heavy atom. The maximum Gasteiger partial charge on any atom is 0.270 e. The third-order valence-electron chi connectivity index (χ3n) is 9.85. The van der Waals surface area contributed by atoms with Gasteiger partial charge >= 0.3 is 0 Å². The molecule has 0 unspecified atom stereocenters. The zero-order valence-electron chi connectivity index (χ0n) is 22.0. The molecule has 2 aromatic heterocycles. The molecular formula is C31H37N3O3. The molecule has 2 amide bonds. The van der Waals surface area contributed by atoms with E-state index in [1.807, 2.05) is 21.6 Å². The molecule has 0 radical (unpaired) electrons. The number of rotatable bonds is 4. The zero-order chi connectivity index (χ0) is 25.3. The normalized spacial score (nSPS) is 30.9. The van der Waals surface area contributed by atoms with Crippen molar-refractivity contribution in [2.45, 2.75) is 65.0 Å². The second-order valence-electron chi connectivity index (χ2n) is 12.6. The quantitative estimate of drug-likeness (QED) is 0.478. The molecule has 37 heavy (non-hydrogen) atoms. The molecule has 3 aromatic rings. The van der Waals surface area contributed by atoms with Gasteiger partial charge < -0.3 is 18.8 Å². The van der Waals surface area contributed by atoms with Gasteiger partial charge in [0.05, 0.1) is 18.2 Å². The Labute approximate surface area is 218 Å². The molecule has 4 aliphatic carbocycles. The van der Waals surface area contributed by atoms with Gasteiger partial charge in [-0.1, -0.05) is 29.8 Å². The minimum atomic E-state index is -0.123. The molecule has 194 valence electrons. The summed E-state index contributed by atoms with van der Waals surface area (Å²) in [6.07, 6.45) is 8.99. The van der Waals surface area contributed by atoms with E-state index in [1.165, 1.54) is 24.8 Å². The second-order valence-corrected chi connectivity index (χ2v) is 12.6. The van der Waals surface area contributed by atoms with Gasteiger partial charge in [0.1, 0.15) is 5.69 Å². The van der Waals surface area contributed by atoms with Gasteiger partial charge in [-0.2, -0.15) is 0 Å². The van der Waals surface area contributed by atoms with E-state index in [0.29, 0.717) is 37.8 Å². The SMILES string of the molecule is Cc1ccc(Cn2c(C(=O)N3CCN(C(=O)C45CC6CC(CC(C6)C4)C5)[C@@H](C)C3)cc3ccoc32)cc1. The van der Waals surface area contributed by atoms with Crippen LogP contribution in [0.2, 0.25) is 0 Å². The number of piperazine rings is 1. The molecule has 5 aliphatic rings. The van der Waals surface area contributed by atoms with Crippen LogP contribution < -0.4 is 0 Å². The van der Waals surface area contributed by atoms with E-state index in [9.17, 15) is 9.59 Å². The van der Waals surface area contributed by atoms with E-state index >= 15 is 0 Å². The Bertz CT molecular complexity index is 1310. The summed E-state index contributed by atoms with van der Waals surface area (Å²) in [5, 5.41) is 0.944. The van der Waals surface area contributed by atoms with Gasteiger partial charge in [-0.3, -0.25) is 9.59 Å². The molecule has 1 saturated heterocycles. The average Bonchev–Trinajstić information content (AvgIpc) is 3.46. The summed E-state index contributed by atoms with van der Waals surface area (Å²) in [6, 6.07) is 12.3. The highest BCUT2D eigenvalue weighted by Gasteiger charge is 2.56.